The van der Waals surface area contributed by atoms with E-state index in [0.717, 1.165) is 37.6 Å². The zero-order valence-electron chi connectivity index (χ0n) is 12.5. The first-order chi connectivity index (χ1) is 9.68. The van der Waals surface area contributed by atoms with E-state index in [9.17, 15) is 4.79 Å². The van der Waals surface area contributed by atoms with Crippen molar-refractivity contribution in [1.82, 2.24) is 20.1 Å². The summed E-state index contributed by atoms with van der Waals surface area (Å²) in [5.41, 5.74) is 0.260. The van der Waals surface area contributed by atoms with Crippen molar-refractivity contribution in [2.24, 2.45) is 5.41 Å². The molecule has 1 saturated heterocycles. The molecule has 2 fully saturated rings. The number of nitrogens with one attached hydrogen (secondary N) is 1. The van der Waals surface area contributed by atoms with Crippen LogP contribution in [0.4, 0.5) is 0 Å². The molecule has 1 N–H and O–H groups in total. The molecule has 1 spiro atoms. The Balaban J connectivity index is 1.81. The van der Waals surface area contributed by atoms with E-state index in [1.807, 2.05) is 11.8 Å². The fourth-order valence-electron chi connectivity index (χ4n) is 3.69. The lowest BCUT2D eigenvalue weighted by atomic mass is 9.62. The maximum atomic E-state index is 12.0. The van der Waals surface area contributed by atoms with E-state index in [1.54, 1.807) is 0 Å². The molecule has 2 aliphatic rings. The lowest BCUT2D eigenvalue weighted by Crippen LogP contribution is -2.37. The van der Waals surface area contributed by atoms with E-state index < -0.39 is 0 Å². The number of aromatic nitrogens is 3. The lowest BCUT2D eigenvalue weighted by molar-refractivity contribution is -0.130. The van der Waals surface area contributed by atoms with Crippen molar-refractivity contribution in [3.63, 3.8) is 0 Å². The molecule has 3 rings (SSSR count). The van der Waals surface area contributed by atoms with Gasteiger partial charge in [0.2, 0.25) is 5.91 Å². The Morgan fingerprint density at radius 3 is 2.85 bits per heavy atom. The Bertz CT molecular complexity index is 492. The Morgan fingerprint density at radius 1 is 1.45 bits per heavy atom. The molecule has 5 heteroatoms. The van der Waals surface area contributed by atoms with Gasteiger partial charge in [0.25, 0.3) is 0 Å². The average Bonchev–Trinajstić information content (AvgIpc) is 3.01. The largest absolute Gasteiger partial charge is 0.341 e. The van der Waals surface area contributed by atoms with Crippen molar-refractivity contribution in [1.29, 1.82) is 0 Å². The Kier molecular flexibility index (Phi) is 3.52. The summed E-state index contributed by atoms with van der Waals surface area (Å²) in [7, 11) is 0. The van der Waals surface area contributed by atoms with Gasteiger partial charge in [-0.25, -0.2) is 4.98 Å². The van der Waals surface area contributed by atoms with Gasteiger partial charge in [-0.2, -0.15) is 5.10 Å². The topological polar surface area (TPSA) is 61.9 Å². The molecule has 2 heterocycles. The number of likely N-dealkylation sites (tertiary alicyclic amines) is 1. The van der Waals surface area contributed by atoms with Crippen molar-refractivity contribution < 1.29 is 4.79 Å². The van der Waals surface area contributed by atoms with Crippen LogP contribution in [0.2, 0.25) is 0 Å². The molecule has 0 bridgehead atoms. The zero-order chi connectivity index (χ0) is 14.2. The highest BCUT2D eigenvalue weighted by Gasteiger charge is 2.53. The highest BCUT2D eigenvalue weighted by molar-refractivity contribution is 5.76. The standard InChI is InChI=1S/C15H24N4O/c1-3-6-12-16-14(18-17-12)11-9-19(13(20)4-2)10-15(11)7-5-8-15/h11H,3-10H2,1-2H3,(H,16,17,18). The number of nitrogens with zero attached hydrogens (tertiary/aromatic N) is 3. The number of carbonyl (C=O) groups excluding carboxylic acids is 1. The third-order valence-corrected chi connectivity index (χ3v) is 5.00. The number of aromatic amines is 1. The number of hydrogen-bond acceptors (Lipinski definition) is 3. The molecule has 1 saturated carbocycles. The minimum atomic E-state index is 0.260. The Labute approximate surface area is 120 Å². The third-order valence-electron chi connectivity index (χ3n) is 5.00. The van der Waals surface area contributed by atoms with Gasteiger partial charge in [0, 0.05) is 31.8 Å². The summed E-state index contributed by atoms with van der Waals surface area (Å²) < 4.78 is 0. The summed E-state index contributed by atoms with van der Waals surface area (Å²) in [4.78, 5) is 18.7. The summed E-state index contributed by atoms with van der Waals surface area (Å²) in [5, 5.41) is 7.50. The maximum absolute atomic E-state index is 12.0. The molecule has 110 valence electrons. The van der Waals surface area contributed by atoms with Crippen LogP contribution in [-0.2, 0) is 11.2 Å². The Morgan fingerprint density at radius 2 is 2.25 bits per heavy atom. The van der Waals surface area contributed by atoms with Crippen molar-refractivity contribution in [3.05, 3.63) is 11.6 Å². The highest BCUT2D eigenvalue weighted by Crippen LogP contribution is 2.55. The summed E-state index contributed by atoms with van der Waals surface area (Å²) in [5.74, 6) is 2.51. The van der Waals surface area contributed by atoms with Gasteiger partial charge in [-0.1, -0.05) is 20.3 Å². The van der Waals surface area contributed by atoms with Crippen molar-refractivity contribution in [3.8, 4) is 0 Å². The summed E-state index contributed by atoms with van der Waals surface area (Å²) >= 11 is 0. The zero-order valence-corrected chi connectivity index (χ0v) is 12.5. The summed E-state index contributed by atoms with van der Waals surface area (Å²) in [6, 6.07) is 0. The number of carbonyl (C=O) groups is 1. The van der Waals surface area contributed by atoms with Crippen LogP contribution in [0.25, 0.3) is 0 Å². The number of amides is 1. The highest BCUT2D eigenvalue weighted by atomic mass is 16.2. The fraction of sp³-hybridized carbons (Fsp3) is 0.800. The molecular formula is C15H24N4O. The van der Waals surface area contributed by atoms with E-state index in [0.29, 0.717) is 12.3 Å². The van der Waals surface area contributed by atoms with E-state index in [2.05, 4.69) is 22.1 Å². The first kappa shape index (κ1) is 13.6. The van der Waals surface area contributed by atoms with E-state index >= 15 is 0 Å². The van der Waals surface area contributed by atoms with Gasteiger partial charge in [0.1, 0.15) is 5.82 Å². The summed E-state index contributed by atoms with van der Waals surface area (Å²) in [6.45, 7) is 5.79. The van der Waals surface area contributed by atoms with Crippen LogP contribution < -0.4 is 0 Å². The van der Waals surface area contributed by atoms with Crippen LogP contribution in [0.5, 0.6) is 0 Å². The minimum absolute atomic E-state index is 0.260. The van der Waals surface area contributed by atoms with E-state index in [1.165, 1.54) is 19.3 Å². The predicted octanol–water partition coefficient (Wildman–Crippen LogP) is 2.26. The first-order valence-corrected chi connectivity index (χ1v) is 7.87. The molecule has 1 amide bonds. The van der Waals surface area contributed by atoms with E-state index in [-0.39, 0.29) is 11.3 Å². The van der Waals surface area contributed by atoms with Gasteiger partial charge >= 0.3 is 0 Å². The fourth-order valence-corrected chi connectivity index (χ4v) is 3.69. The molecule has 1 atom stereocenters. The molecule has 0 radical (unpaired) electrons. The van der Waals surface area contributed by atoms with Gasteiger partial charge in [0.05, 0.1) is 0 Å². The van der Waals surface area contributed by atoms with Gasteiger partial charge < -0.3 is 4.90 Å². The van der Waals surface area contributed by atoms with Crippen LogP contribution in [0, 0.1) is 5.41 Å². The molecule has 1 aromatic heterocycles. The van der Waals surface area contributed by atoms with Crippen LogP contribution in [0.1, 0.15) is 63.5 Å². The van der Waals surface area contributed by atoms with Gasteiger partial charge in [-0.15, -0.1) is 0 Å². The quantitative estimate of drug-likeness (QED) is 0.917. The molecule has 1 aliphatic carbocycles. The van der Waals surface area contributed by atoms with Crippen LogP contribution in [0.15, 0.2) is 0 Å². The second-order valence-electron chi connectivity index (χ2n) is 6.29. The van der Waals surface area contributed by atoms with E-state index in [4.69, 9.17) is 0 Å². The maximum Gasteiger partial charge on any atom is 0.222 e. The second-order valence-corrected chi connectivity index (χ2v) is 6.29. The number of H-pyrrole nitrogens is 1. The molecule has 1 aliphatic heterocycles. The number of aryl methyl sites for hydroxylation is 1. The van der Waals surface area contributed by atoms with Crippen LogP contribution in [-0.4, -0.2) is 39.1 Å². The molecule has 0 aromatic carbocycles. The monoisotopic (exact) mass is 276 g/mol. The second kappa shape index (κ2) is 5.19. The van der Waals surface area contributed by atoms with Crippen LogP contribution >= 0.6 is 0 Å². The van der Waals surface area contributed by atoms with Gasteiger partial charge in [-0.05, 0) is 24.7 Å². The molecule has 20 heavy (non-hydrogen) atoms. The van der Waals surface area contributed by atoms with Crippen molar-refractivity contribution in [2.75, 3.05) is 13.1 Å². The molecule has 5 nitrogen and oxygen atoms in total. The smallest absolute Gasteiger partial charge is 0.222 e. The first-order valence-electron chi connectivity index (χ1n) is 7.87. The van der Waals surface area contributed by atoms with Gasteiger partial charge in [0.15, 0.2) is 5.82 Å². The van der Waals surface area contributed by atoms with Crippen molar-refractivity contribution >= 4 is 5.91 Å². The molecule has 1 unspecified atom stereocenters. The Hall–Kier alpha value is -1.39. The van der Waals surface area contributed by atoms with Gasteiger partial charge in [-0.3, -0.25) is 9.89 Å². The van der Waals surface area contributed by atoms with Crippen LogP contribution in [0.3, 0.4) is 0 Å². The van der Waals surface area contributed by atoms with Crippen molar-refractivity contribution in [2.45, 2.75) is 58.3 Å². The SMILES string of the molecule is CCCc1nc(C2CN(C(=O)CC)CC23CCC3)n[nH]1. The number of hydrogen-bond donors (Lipinski definition) is 1. The summed E-state index contributed by atoms with van der Waals surface area (Å²) in [6.07, 6.45) is 6.32. The number of rotatable bonds is 4. The molecule has 1 aromatic rings. The lowest BCUT2D eigenvalue weighted by Gasteiger charge is -2.41. The minimum Gasteiger partial charge on any atom is -0.341 e. The normalized spacial score (nSPS) is 24.1. The molecular weight excluding hydrogens is 252 g/mol. The third kappa shape index (κ3) is 2.13. The predicted molar refractivity (Wildman–Crippen MR) is 76.3 cm³/mol. The average molecular weight is 276 g/mol.